The molecule has 0 spiro atoms. The summed E-state index contributed by atoms with van der Waals surface area (Å²) >= 11 is 0. The number of rotatable bonds is 5. The Hall–Kier alpha value is -3.14. The average molecular weight is 322 g/mol. The van der Waals surface area contributed by atoms with Gasteiger partial charge in [0.1, 0.15) is 0 Å². The van der Waals surface area contributed by atoms with Crippen LogP contribution in [0.1, 0.15) is 11.1 Å². The van der Waals surface area contributed by atoms with Crippen molar-refractivity contribution < 1.29 is 19.1 Å². The van der Waals surface area contributed by atoms with Gasteiger partial charge in [-0.25, -0.2) is 9.59 Å². The minimum Gasteiger partial charge on any atom is -0.466 e. The van der Waals surface area contributed by atoms with Crippen molar-refractivity contribution >= 4 is 23.6 Å². The topological polar surface area (TPSA) is 52.6 Å². The molecule has 0 N–H and O–H groups in total. The smallest absolute Gasteiger partial charge is 0.338 e. The van der Waals surface area contributed by atoms with E-state index in [1.165, 1.54) is 20.3 Å². The van der Waals surface area contributed by atoms with Gasteiger partial charge >= 0.3 is 11.9 Å². The van der Waals surface area contributed by atoms with Crippen molar-refractivity contribution in [1.82, 2.24) is 0 Å². The number of hydrogen-bond donors (Lipinski definition) is 0. The summed E-state index contributed by atoms with van der Waals surface area (Å²) in [5, 5.41) is 0. The summed E-state index contributed by atoms with van der Waals surface area (Å²) < 4.78 is 9.62. The third kappa shape index (κ3) is 4.43. The average Bonchev–Trinajstić information content (AvgIpc) is 2.65. The maximum absolute atomic E-state index is 12.3. The lowest BCUT2D eigenvalue weighted by atomic mass is 9.95. The van der Waals surface area contributed by atoms with E-state index in [1.807, 2.05) is 60.7 Å². The summed E-state index contributed by atoms with van der Waals surface area (Å²) in [6.07, 6.45) is 2.98. The summed E-state index contributed by atoms with van der Waals surface area (Å²) in [6, 6.07) is 18.5. The van der Waals surface area contributed by atoms with Crippen LogP contribution < -0.4 is 0 Å². The Morgan fingerprint density at radius 3 is 1.96 bits per heavy atom. The Balaban J connectivity index is 2.61. The van der Waals surface area contributed by atoms with Crippen LogP contribution in [0.5, 0.6) is 0 Å². The standard InChI is InChI=1S/C20H18O4/c1-23-19(21)14-17(16-11-7-4-8-12-16)18(20(22)24-2)13-15-9-5-3-6-10-15/h3-14H,1-2H3. The van der Waals surface area contributed by atoms with E-state index in [2.05, 4.69) is 0 Å². The van der Waals surface area contributed by atoms with Crippen molar-refractivity contribution in [3.05, 3.63) is 83.4 Å². The minimum atomic E-state index is -0.545. The van der Waals surface area contributed by atoms with Gasteiger partial charge in [-0.1, -0.05) is 60.7 Å². The first kappa shape index (κ1) is 17.2. The molecule has 0 aliphatic carbocycles. The van der Waals surface area contributed by atoms with Gasteiger partial charge in [-0.05, 0) is 17.2 Å². The highest BCUT2D eigenvalue weighted by molar-refractivity contribution is 6.13. The number of benzene rings is 2. The number of carbonyl (C=O) groups is 2. The Morgan fingerprint density at radius 1 is 0.833 bits per heavy atom. The van der Waals surface area contributed by atoms with E-state index >= 15 is 0 Å². The molecule has 0 saturated heterocycles. The molecule has 0 aliphatic rings. The number of ether oxygens (including phenoxy) is 2. The molecular weight excluding hydrogens is 304 g/mol. The van der Waals surface area contributed by atoms with Crippen molar-refractivity contribution in [3.63, 3.8) is 0 Å². The van der Waals surface area contributed by atoms with Gasteiger partial charge in [0.2, 0.25) is 0 Å². The van der Waals surface area contributed by atoms with Gasteiger partial charge < -0.3 is 9.47 Å². The maximum atomic E-state index is 12.3. The molecule has 0 fully saturated rings. The molecule has 122 valence electrons. The fourth-order valence-electron chi connectivity index (χ4n) is 2.18. The van der Waals surface area contributed by atoms with Gasteiger partial charge in [-0.2, -0.15) is 0 Å². The predicted octanol–water partition coefficient (Wildman–Crippen LogP) is 3.50. The summed E-state index contributed by atoms with van der Waals surface area (Å²) in [4.78, 5) is 24.1. The summed E-state index contributed by atoms with van der Waals surface area (Å²) in [6.45, 7) is 0. The van der Waals surface area contributed by atoms with Crippen LogP contribution in [0.25, 0.3) is 11.6 Å². The summed E-state index contributed by atoms with van der Waals surface area (Å²) in [7, 11) is 2.60. The lowest BCUT2D eigenvalue weighted by Crippen LogP contribution is -2.09. The van der Waals surface area contributed by atoms with E-state index in [0.29, 0.717) is 5.57 Å². The van der Waals surface area contributed by atoms with Gasteiger partial charge in [0, 0.05) is 11.6 Å². The second-order valence-electron chi connectivity index (χ2n) is 4.91. The number of carbonyl (C=O) groups excluding carboxylic acids is 2. The molecule has 0 bridgehead atoms. The van der Waals surface area contributed by atoms with Crippen LogP contribution in [0.4, 0.5) is 0 Å². The third-order valence-corrected chi connectivity index (χ3v) is 3.35. The van der Waals surface area contributed by atoms with Crippen molar-refractivity contribution in [1.29, 1.82) is 0 Å². The molecule has 0 unspecified atom stereocenters. The molecule has 0 atom stereocenters. The molecule has 0 saturated carbocycles. The number of hydrogen-bond acceptors (Lipinski definition) is 4. The van der Waals surface area contributed by atoms with Gasteiger partial charge in [0.15, 0.2) is 0 Å². The zero-order valence-corrected chi connectivity index (χ0v) is 13.6. The highest BCUT2D eigenvalue weighted by Crippen LogP contribution is 2.26. The van der Waals surface area contributed by atoms with Crippen LogP contribution in [-0.4, -0.2) is 26.2 Å². The van der Waals surface area contributed by atoms with Crippen LogP contribution in [-0.2, 0) is 19.1 Å². The monoisotopic (exact) mass is 322 g/mol. The zero-order chi connectivity index (χ0) is 17.4. The Bertz CT molecular complexity index is 759. The normalized spacial score (nSPS) is 11.8. The van der Waals surface area contributed by atoms with Crippen LogP contribution in [0.3, 0.4) is 0 Å². The van der Waals surface area contributed by atoms with Crippen LogP contribution in [0, 0.1) is 0 Å². The van der Waals surface area contributed by atoms with Crippen molar-refractivity contribution in [3.8, 4) is 0 Å². The Labute approximate surface area is 141 Å². The van der Waals surface area contributed by atoms with E-state index in [1.54, 1.807) is 6.08 Å². The highest BCUT2D eigenvalue weighted by atomic mass is 16.5. The number of methoxy groups -OCH3 is 2. The van der Waals surface area contributed by atoms with Gasteiger partial charge in [-0.3, -0.25) is 0 Å². The lowest BCUT2D eigenvalue weighted by molar-refractivity contribution is -0.135. The third-order valence-electron chi connectivity index (χ3n) is 3.35. The van der Waals surface area contributed by atoms with E-state index in [9.17, 15) is 9.59 Å². The molecule has 24 heavy (non-hydrogen) atoms. The van der Waals surface area contributed by atoms with E-state index in [0.717, 1.165) is 11.1 Å². The molecule has 0 heterocycles. The molecule has 0 aliphatic heterocycles. The molecule has 0 aromatic heterocycles. The molecule has 4 nitrogen and oxygen atoms in total. The second kappa shape index (κ2) is 8.48. The molecule has 0 amide bonds. The first-order valence-corrected chi connectivity index (χ1v) is 7.36. The van der Waals surface area contributed by atoms with Crippen LogP contribution in [0.2, 0.25) is 0 Å². The lowest BCUT2D eigenvalue weighted by Gasteiger charge is -2.11. The van der Waals surface area contributed by atoms with Crippen LogP contribution in [0.15, 0.2) is 72.3 Å². The van der Waals surface area contributed by atoms with Crippen molar-refractivity contribution in [2.45, 2.75) is 0 Å². The number of esters is 2. The second-order valence-corrected chi connectivity index (χ2v) is 4.91. The van der Waals surface area contributed by atoms with Gasteiger partial charge in [0.05, 0.1) is 19.8 Å². The van der Waals surface area contributed by atoms with E-state index in [4.69, 9.17) is 9.47 Å². The van der Waals surface area contributed by atoms with Gasteiger partial charge in [0.25, 0.3) is 0 Å². The quantitative estimate of drug-likeness (QED) is 0.480. The molecule has 2 aromatic carbocycles. The molecule has 0 radical (unpaired) electrons. The largest absolute Gasteiger partial charge is 0.466 e. The maximum Gasteiger partial charge on any atom is 0.338 e. The molecular formula is C20H18O4. The summed E-state index contributed by atoms with van der Waals surface area (Å²) in [5.74, 6) is -1.07. The first-order valence-electron chi connectivity index (χ1n) is 7.36. The Kier molecular flexibility index (Phi) is 6.08. The fourth-order valence-corrected chi connectivity index (χ4v) is 2.18. The van der Waals surface area contributed by atoms with Gasteiger partial charge in [-0.15, -0.1) is 0 Å². The minimum absolute atomic E-state index is 0.278. The van der Waals surface area contributed by atoms with Crippen molar-refractivity contribution in [2.75, 3.05) is 14.2 Å². The van der Waals surface area contributed by atoms with Crippen LogP contribution >= 0.6 is 0 Å². The molecule has 2 rings (SSSR count). The first-order chi connectivity index (χ1) is 11.7. The van der Waals surface area contributed by atoms with Crippen molar-refractivity contribution in [2.24, 2.45) is 0 Å². The SMILES string of the molecule is COC(=O)C=C(C(=Cc1ccccc1)C(=O)OC)c1ccccc1. The zero-order valence-electron chi connectivity index (χ0n) is 13.6. The molecule has 4 heteroatoms. The predicted molar refractivity (Wildman–Crippen MR) is 92.9 cm³/mol. The molecule has 2 aromatic rings. The highest BCUT2D eigenvalue weighted by Gasteiger charge is 2.18. The van der Waals surface area contributed by atoms with E-state index < -0.39 is 11.9 Å². The van der Waals surface area contributed by atoms with E-state index in [-0.39, 0.29) is 5.57 Å². The Morgan fingerprint density at radius 2 is 1.42 bits per heavy atom. The fraction of sp³-hybridized carbons (Fsp3) is 0.100. The summed E-state index contributed by atoms with van der Waals surface area (Å²) in [5.41, 5.74) is 2.26.